The molecule has 0 atom stereocenters. The van der Waals surface area contributed by atoms with Gasteiger partial charge in [0.2, 0.25) is 0 Å². The molecule has 1 rings (SSSR count). The number of H-pyrrole nitrogens is 1. The zero-order valence-corrected chi connectivity index (χ0v) is 5.93. The summed E-state index contributed by atoms with van der Waals surface area (Å²) in [5, 5.41) is 8.90. The number of rotatable bonds is 1. The lowest BCUT2D eigenvalue weighted by molar-refractivity contribution is 0.0958. The first kappa shape index (κ1) is 6.80. The molecule has 0 aliphatic heterocycles. The van der Waals surface area contributed by atoms with Gasteiger partial charge in [0.05, 0.1) is 0 Å². The van der Waals surface area contributed by atoms with E-state index in [9.17, 15) is 4.79 Å². The lowest BCUT2D eigenvalue weighted by Crippen LogP contribution is -2.17. The summed E-state index contributed by atoms with van der Waals surface area (Å²) in [5.74, 6) is -0.163. The molecule has 4 heteroatoms. The highest BCUT2D eigenvalue weighted by atomic mass is 16.1. The lowest BCUT2D eigenvalue weighted by Gasteiger charge is -1.89. The number of amides is 1. The van der Waals surface area contributed by atoms with Crippen LogP contribution in [0, 0.1) is 6.92 Å². The van der Waals surface area contributed by atoms with Crippen molar-refractivity contribution in [2.75, 3.05) is 7.05 Å². The van der Waals surface area contributed by atoms with E-state index in [2.05, 4.69) is 15.5 Å². The van der Waals surface area contributed by atoms with Crippen molar-refractivity contribution >= 4 is 5.91 Å². The number of carbonyl (C=O) groups excluding carboxylic acids is 1. The number of aromatic amines is 1. The SMILES string of the molecule is CNC(=O)c1cc(C)[nH]n1. The van der Waals surface area contributed by atoms with E-state index in [1.54, 1.807) is 13.1 Å². The first-order chi connectivity index (χ1) is 4.74. The number of aromatic nitrogens is 2. The second kappa shape index (κ2) is 2.51. The van der Waals surface area contributed by atoms with Crippen molar-refractivity contribution in [1.29, 1.82) is 0 Å². The van der Waals surface area contributed by atoms with Crippen molar-refractivity contribution in [2.24, 2.45) is 0 Å². The van der Waals surface area contributed by atoms with Crippen LogP contribution in [0.2, 0.25) is 0 Å². The molecule has 0 aliphatic rings. The molecule has 0 unspecified atom stereocenters. The van der Waals surface area contributed by atoms with Crippen LogP contribution in [0.5, 0.6) is 0 Å². The molecule has 0 aliphatic carbocycles. The summed E-state index contributed by atoms with van der Waals surface area (Å²) in [6.45, 7) is 1.85. The Labute approximate surface area is 58.6 Å². The topological polar surface area (TPSA) is 57.8 Å². The number of hydrogen-bond acceptors (Lipinski definition) is 2. The maximum atomic E-state index is 10.8. The zero-order chi connectivity index (χ0) is 7.56. The van der Waals surface area contributed by atoms with Crippen molar-refractivity contribution < 1.29 is 4.79 Å². The summed E-state index contributed by atoms with van der Waals surface area (Å²) in [6, 6.07) is 1.69. The van der Waals surface area contributed by atoms with Crippen molar-refractivity contribution in [1.82, 2.24) is 15.5 Å². The molecular weight excluding hydrogens is 130 g/mol. The van der Waals surface area contributed by atoms with Crippen LogP contribution in [-0.4, -0.2) is 23.2 Å². The third-order valence-electron chi connectivity index (χ3n) is 1.17. The van der Waals surface area contributed by atoms with Crippen LogP contribution in [-0.2, 0) is 0 Å². The van der Waals surface area contributed by atoms with E-state index in [1.807, 2.05) is 6.92 Å². The fraction of sp³-hybridized carbons (Fsp3) is 0.333. The highest BCUT2D eigenvalue weighted by molar-refractivity contribution is 5.91. The highest BCUT2D eigenvalue weighted by Crippen LogP contribution is 1.95. The van der Waals surface area contributed by atoms with Gasteiger partial charge in [-0.3, -0.25) is 9.89 Å². The minimum Gasteiger partial charge on any atom is -0.354 e. The summed E-state index contributed by atoms with van der Waals surface area (Å²) < 4.78 is 0. The van der Waals surface area contributed by atoms with Gasteiger partial charge in [-0.2, -0.15) is 5.10 Å². The number of carbonyl (C=O) groups is 1. The molecular formula is C6H9N3O. The average molecular weight is 139 g/mol. The van der Waals surface area contributed by atoms with Gasteiger partial charge in [0.1, 0.15) is 5.69 Å². The van der Waals surface area contributed by atoms with E-state index < -0.39 is 0 Å². The normalized spacial score (nSPS) is 9.40. The monoisotopic (exact) mass is 139 g/mol. The van der Waals surface area contributed by atoms with Gasteiger partial charge < -0.3 is 5.32 Å². The molecule has 4 nitrogen and oxygen atoms in total. The third-order valence-corrected chi connectivity index (χ3v) is 1.17. The van der Waals surface area contributed by atoms with Crippen LogP contribution in [0.4, 0.5) is 0 Å². The summed E-state index contributed by atoms with van der Waals surface area (Å²) in [5.41, 5.74) is 1.32. The quantitative estimate of drug-likeness (QED) is 0.578. The second-order valence-corrected chi connectivity index (χ2v) is 2.02. The Kier molecular flexibility index (Phi) is 1.71. The maximum Gasteiger partial charge on any atom is 0.271 e. The Bertz CT molecular complexity index is 241. The largest absolute Gasteiger partial charge is 0.354 e. The van der Waals surface area contributed by atoms with E-state index in [1.165, 1.54) is 0 Å². The summed E-state index contributed by atoms with van der Waals surface area (Å²) in [4.78, 5) is 10.8. The van der Waals surface area contributed by atoms with Crippen molar-refractivity contribution in [3.63, 3.8) is 0 Å². The lowest BCUT2D eigenvalue weighted by atomic mass is 10.3. The van der Waals surface area contributed by atoms with Gasteiger partial charge >= 0.3 is 0 Å². The van der Waals surface area contributed by atoms with Gasteiger partial charge in [-0.25, -0.2) is 0 Å². The minimum atomic E-state index is -0.163. The molecule has 0 saturated heterocycles. The predicted molar refractivity (Wildman–Crippen MR) is 36.7 cm³/mol. The predicted octanol–water partition coefficient (Wildman–Crippen LogP) is 0.0777. The highest BCUT2D eigenvalue weighted by Gasteiger charge is 2.04. The van der Waals surface area contributed by atoms with Gasteiger partial charge in [-0.05, 0) is 13.0 Å². The van der Waals surface area contributed by atoms with Gasteiger partial charge in [0, 0.05) is 12.7 Å². The first-order valence-corrected chi connectivity index (χ1v) is 2.98. The van der Waals surface area contributed by atoms with Crippen LogP contribution < -0.4 is 5.32 Å². The van der Waals surface area contributed by atoms with Gasteiger partial charge in [-0.15, -0.1) is 0 Å². The molecule has 0 spiro atoms. The molecule has 2 N–H and O–H groups in total. The van der Waals surface area contributed by atoms with E-state index in [0.29, 0.717) is 5.69 Å². The Morgan fingerprint density at radius 3 is 2.90 bits per heavy atom. The Hall–Kier alpha value is -1.32. The van der Waals surface area contributed by atoms with Crippen molar-refractivity contribution in [3.8, 4) is 0 Å². The van der Waals surface area contributed by atoms with Crippen molar-refractivity contribution in [3.05, 3.63) is 17.5 Å². The van der Waals surface area contributed by atoms with E-state index >= 15 is 0 Å². The van der Waals surface area contributed by atoms with Crippen LogP contribution in [0.15, 0.2) is 6.07 Å². The standard InChI is InChI=1S/C6H9N3O/c1-4-3-5(9-8-4)6(10)7-2/h3H,1-2H3,(H,7,10)(H,8,9). The second-order valence-electron chi connectivity index (χ2n) is 2.02. The van der Waals surface area contributed by atoms with Gasteiger partial charge in [0.15, 0.2) is 0 Å². The fourth-order valence-electron chi connectivity index (χ4n) is 0.662. The minimum absolute atomic E-state index is 0.163. The summed E-state index contributed by atoms with van der Waals surface area (Å²) in [7, 11) is 1.58. The molecule has 10 heavy (non-hydrogen) atoms. The Morgan fingerprint density at radius 2 is 2.50 bits per heavy atom. The molecule has 1 aromatic heterocycles. The molecule has 0 fully saturated rings. The van der Waals surface area contributed by atoms with E-state index in [-0.39, 0.29) is 5.91 Å². The Morgan fingerprint density at radius 1 is 1.80 bits per heavy atom. The first-order valence-electron chi connectivity index (χ1n) is 2.98. The number of nitrogens with zero attached hydrogens (tertiary/aromatic N) is 1. The number of aryl methyl sites for hydroxylation is 1. The Balaban J connectivity index is 2.85. The third kappa shape index (κ3) is 1.15. The smallest absolute Gasteiger partial charge is 0.271 e. The molecule has 0 saturated carbocycles. The van der Waals surface area contributed by atoms with E-state index in [0.717, 1.165) is 5.69 Å². The van der Waals surface area contributed by atoms with Crippen LogP contribution in [0.25, 0.3) is 0 Å². The fourth-order valence-corrected chi connectivity index (χ4v) is 0.662. The molecule has 1 amide bonds. The van der Waals surface area contributed by atoms with E-state index in [4.69, 9.17) is 0 Å². The van der Waals surface area contributed by atoms with Crippen LogP contribution in [0.3, 0.4) is 0 Å². The average Bonchev–Trinajstić information content (AvgIpc) is 2.34. The molecule has 54 valence electrons. The molecule has 0 radical (unpaired) electrons. The molecule has 1 aromatic rings. The number of nitrogens with one attached hydrogen (secondary N) is 2. The summed E-state index contributed by atoms with van der Waals surface area (Å²) in [6.07, 6.45) is 0. The van der Waals surface area contributed by atoms with Crippen LogP contribution in [0.1, 0.15) is 16.2 Å². The van der Waals surface area contributed by atoms with Gasteiger partial charge in [-0.1, -0.05) is 0 Å². The van der Waals surface area contributed by atoms with Crippen molar-refractivity contribution in [2.45, 2.75) is 6.92 Å². The zero-order valence-electron chi connectivity index (χ0n) is 5.93. The van der Waals surface area contributed by atoms with Gasteiger partial charge in [0.25, 0.3) is 5.91 Å². The maximum absolute atomic E-state index is 10.8. The summed E-state index contributed by atoms with van der Waals surface area (Å²) >= 11 is 0. The van der Waals surface area contributed by atoms with Crippen LogP contribution >= 0.6 is 0 Å². The number of hydrogen-bond donors (Lipinski definition) is 2. The molecule has 0 bridgehead atoms. The molecule has 1 heterocycles. The molecule has 0 aromatic carbocycles.